The minimum absolute atomic E-state index is 0.0305. The summed E-state index contributed by atoms with van der Waals surface area (Å²) in [4.78, 5) is 30.4. The second-order valence-corrected chi connectivity index (χ2v) is 7.58. The predicted octanol–water partition coefficient (Wildman–Crippen LogP) is 1.17. The Labute approximate surface area is 131 Å². The van der Waals surface area contributed by atoms with Crippen molar-refractivity contribution < 1.29 is 19.1 Å². The van der Waals surface area contributed by atoms with E-state index in [0.717, 1.165) is 18.7 Å². The number of nitrogen functional groups attached to an aromatic ring is 1. The van der Waals surface area contributed by atoms with Crippen LogP contribution in [0, 0.1) is 5.41 Å². The van der Waals surface area contributed by atoms with Crippen LogP contribution in [0.15, 0.2) is 24.5 Å². The molecule has 0 aromatic carbocycles. The van der Waals surface area contributed by atoms with E-state index >= 15 is 0 Å². The first kappa shape index (κ1) is 14.8. The van der Waals surface area contributed by atoms with Gasteiger partial charge in [-0.05, 0) is 25.3 Å². The lowest BCUT2D eigenvalue weighted by molar-refractivity contribution is 0.00233. The number of hydrogen-bond donors (Lipinski definition) is 3. The maximum absolute atomic E-state index is 11.0. The van der Waals surface area contributed by atoms with Crippen LogP contribution in [-0.4, -0.2) is 35.4 Å². The zero-order chi connectivity index (χ0) is 16.2. The molecule has 4 N–H and O–H groups in total. The molecule has 10 heteroatoms. The van der Waals surface area contributed by atoms with Gasteiger partial charge < -0.3 is 20.3 Å². The third-order valence-electron chi connectivity index (χ3n) is 4.46. The highest BCUT2D eigenvalue weighted by molar-refractivity contribution is 7.55. The van der Waals surface area contributed by atoms with Crippen LogP contribution in [0.3, 0.4) is 0 Å². The molecule has 1 aliphatic carbocycles. The maximum Gasteiger partial charge on any atom is 0.348 e. The van der Waals surface area contributed by atoms with Crippen molar-refractivity contribution in [2.45, 2.75) is 31.6 Å². The Hall–Kier alpha value is -1.80. The molecule has 0 amide bonds. The van der Waals surface area contributed by atoms with Gasteiger partial charge in [0.05, 0.1) is 12.4 Å². The van der Waals surface area contributed by atoms with Crippen LogP contribution in [0.25, 0.3) is 11.2 Å². The van der Waals surface area contributed by atoms with E-state index in [2.05, 4.69) is 15.0 Å². The van der Waals surface area contributed by atoms with E-state index in [1.807, 2.05) is 4.57 Å². The Morgan fingerprint density at radius 1 is 1.39 bits per heavy atom. The molecule has 1 saturated carbocycles. The van der Waals surface area contributed by atoms with Crippen LogP contribution in [0.5, 0.6) is 0 Å². The number of imidazole rings is 1. The van der Waals surface area contributed by atoms with Crippen molar-refractivity contribution in [3.63, 3.8) is 0 Å². The van der Waals surface area contributed by atoms with E-state index in [1.54, 1.807) is 6.33 Å². The van der Waals surface area contributed by atoms with Crippen molar-refractivity contribution in [1.82, 2.24) is 19.5 Å². The predicted molar refractivity (Wildman–Crippen MR) is 81.1 cm³/mol. The smallest absolute Gasteiger partial charge is 0.348 e. The molecule has 1 aliphatic heterocycles. The Balaban J connectivity index is 1.67. The highest BCUT2D eigenvalue weighted by atomic mass is 31.2. The zero-order valence-electron chi connectivity index (χ0n) is 12.1. The largest absolute Gasteiger partial charge is 0.382 e. The van der Waals surface area contributed by atoms with Crippen LogP contribution in [-0.2, 0) is 9.30 Å². The average molecular weight is 337 g/mol. The molecule has 0 radical (unpaired) electrons. The first-order valence-electron chi connectivity index (χ1n) is 7.21. The summed E-state index contributed by atoms with van der Waals surface area (Å²) in [5, 5.41) is 0. The number of anilines is 1. The summed E-state index contributed by atoms with van der Waals surface area (Å²) in [6.07, 6.45) is 6.57. The Morgan fingerprint density at radius 2 is 2.17 bits per heavy atom. The molecular formula is C13H16N5O4P. The van der Waals surface area contributed by atoms with E-state index in [4.69, 9.17) is 20.3 Å². The quantitative estimate of drug-likeness (QED) is 0.710. The molecule has 2 fully saturated rings. The molecule has 23 heavy (non-hydrogen) atoms. The van der Waals surface area contributed by atoms with Gasteiger partial charge in [-0.2, -0.15) is 0 Å². The van der Waals surface area contributed by atoms with Crippen LogP contribution in [0.2, 0.25) is 0 Å². The molecule has 1 spiro atoms. The van der Waals surface area contributed by atoms with Crippen LogP contribution >= 0.6 is 7.60 Å². The van der Waals surface area contributed by atoms with Crippen LogP contribution in [0.1, 0.15) is 25.5 Å². The number of ether oxygens (including phenoxy) is 1. The minimum atomic E-state index is -4.18. The van der Waals surface area contributed by atoms with E-state index in [1.165, 1.54) is 12.4 Å². The lowest BCUT2D eigenvalue weighted by Crippen LogP contribution is -2.16. The number of nitrogens with zero attached hydrogens (tertiary/aromatic N) is 4. The molecule has 0 unspecified atom stereocenters. The van der Waals surface area contributed by atoms with Gasteiger partial charge in [-0.15, -0.1) is 0 Å². The summed E-state index contributed by atoms with van der Waals surface area (Å²) in [6.45, 7) is 0. The molecule has 2 atom stereocenters. The van der Waals surface area contributed by atoms with Gasteiger partial charge in [-0.1, -0.05) is 0 Å². The fourth-order valence-electron chi connectivity index (χ4n) is 3.19. The average Bonchev–Trinajstić information content (AvgIpc) is 2.96. The van der Waals surface area contributed by atoms with Crippen molar-refractivity contribution in [3.05, 3.63) is 24.5 Å². The molecular weight excluding hydrogens is 321 g/mol. The number of nitrogens with two attached hydrogens (primary N) is 1. The summed E-state index contributed by atoms with van der Waals surface area (Å²) < 4.78 is 18.9. The molecule has 2 aromatic rings. The molecule has 4 rings (SSSR count). The van der Waals surface area contributed by atoms with Crippen molar-refractivity contribution in [3.8, 4) is 0 Å². The highest BCUT2D eigenvalue weighted by Crippen LogP contribution is 2.63. The molecule has 2 aromatic heterocycles. The molecule has 0 bridgehead atoms. The van der Waals surface area contributed by atoms with Gasteiger partial charge in [0.15, 0.2) is 11.5 Å². The second kappa shape index (κ2) is 4.85. The highest BCUT2D eigenvalue weighted by Gasteiger charge is 2.57. The van der Waals surface area contributed by atoms with Crippen molar-refractivity contribution in [2.75, 3.05) is 5.73 Å². The molecule has 9 nitrogen and oxygen atoms in total. The zero-order valence-corrected chi connectivity index (χ0v) is 13.0. The second-order valence-electron chi connectivity index (χ2n) is 6.11. The van der Waals surface area contributed by atoms with Gasteiger partial charge in [-0.3, -0.25) is 9.13 Å². The molecule has 2 aliphatic rings. The van der Waals surface area contributed by atoms with E-state index in [9.17, 15) is 4.57 Å². The van der Waals surface area contributed by atoms with Gasteiger partial charge >= 0.3 is 7.60 Å². The van der Waals surface area contributed by atoms with Crippen LogP contribution < -0.4 is 5.73 Å². The Kier molecular flexibility index (Phi) is 3.11. The van der Waals surface area contributed by atoms with Gasteiger partial charge in [0.1, 0.15) is 18.1 Å². The van der Waals surface area contributed by atoms with Crippen molar-refractivity contribution in [1.29, 1.82) is 0 Å². The molecule has 122 valence electrons. The van der Waals surface area contributed by atoms with Crippen molar-refractivity contribution in [2.24, 2.45) is 5.41 Å². The normalized spacial score (nSPS) is 26.5. The van der Waals surface area contributed by atoms with Gasteiger partial charge in [-0.25, -0.2) is 15.0 Å². The standard InChI is InChI=1S/C13H16N5O4P/c14-10-9-11(16-6-15-10)18(7-17-9)12-13(2-3-13)5-8(22-12)1-4-23(19,20)21/h1,4,6-8,12H,2-3,5H2,(H2,14,15,16)(H2,19,20,21)/b4-1+/t8-,12-/m1/s1. The minimum Gasteiger partial charge on any atom is -0.382 e. The first-order valence-corrected chi connectivity index (χ1v) is 8.89. The topological polar surface area (TPSA) is 136 Å². The summed E-state index contributed by atoms with van der Waals surface area (Å²) in [7, 11) is -4.18. The van der Waals surface area contributed by atoms with E-state index in [-0.39, 0.29) is 17.7 Å². The van der Waals surface area contributed by atoms with Gasteiger partial charge in [0, 0.05) is 11.2 Å². The van der Waals surface area contributed by atoms with E-state index in [0.29, 0.717) is 23.4 Å². The first-order chi connectivity index (χ1) is 10.9. The van der Waals surface area contributed by atoms with Crippen LogP contribution in [0.4, 0.5) is 5.82 Å². The van der Waals surface area contributed by atoms with Gasteiger partial charge in [0.2, 0.25) is 0 Å². The molecule has 1 saturated heterocycles. The Bertz CT molecular complexity index is 840. The van der Waals surface area contributed by atoms with Crippen molar-refractivity contribution >= 4 is 24.6 Å². The third kappa shape index (κ3) is 2.55. The number of hydrogen-bond acceptors (Lipinski definition) is 6. The third-order valence-corrected chi connectivity index (χ3v) is 5.02. The molecule has 3 heterocycles. The lowest BCUT2D eigenvalue weighted by Gasteiger charge is -2.19. The summed E-state index contributed by atoms with van der Waals surface area (Å²) >= 11 is 0. The summed E-state index contributed by atoms with van der Waals surface area (Å²) in [6, 6.07) is 0. The Morgan fingerprint density at radius 3 is 2.87 bits per heavy atom. The summed E-state index contributed by atoms with van der Waals surface area (Å²) in [5.41, 5.74) is 6.91. The van der Waals surface area contributed by atoms with Gasteiger partial charge in [0.25, 0.3) is 0 Å². The summed E-state index contributed by atoms with van der Waals surface area (Å²) in [5.74, 6) is 1.22. The number of aromatic nitrogens is 4. The van der Waals surface area contributed by atoms with E-state index < -0.39 is 7.60 Å². The number of rotatable bonds is 3. The fraction of sp³-hybridized carbons (Fsp3) is 0.462. The monoisotopic (exact) mass is 337 g/mol. The SMILES string of the molecule is Nc1ncnc2c1ncn2[C@@H]1O[C@H](/C=C/P(=O)(O)O)CC12CC2. The fourth-order valence-corrected chi connectivity index (χ4v) is 3.61. The maximum atomic E-state index is 11.0. The number of fused-ring (bicyclic) bond motifs is 1. The lowest BCUT2D eigenvalue weighted by atomic mass is 10.0.